The number of fused-ring (bicyclic) bond motifs is 2. The second-order valence-electron chi connectivity index (χ2n) is 7.30. The summed E-state index contributed by atoms with van der Waals surface area (Å²) >= 11 is 0. The lowest BCUT2D eigenvalue weighted by molar-refractivity contribution is 0.700. The smallest absolute Gasteiger partial charge is 0.0457 e. The van der Waals surface area contributed by atoms with Gasteiger partial charge in [-0.15, -0.1) is 0 Å². The van der Waals surface area contributed by atoms with E-state index in [-0.39, 0.29) is 5.41 Å². The minimum atomic E-state index is -0.245. The Morgan fingerprint density at radius 1 is 0.630 bits per heavy atom. The van der Waals surface area contributed by atoms with Gasteiger partial charge in [0, 0.05) is 22.5 Å². The Balaban J connectivity index is 1.83. The Morgan fingerprint density at radius 3 is 2.19 bits per heavy atom. The highest BCUT2D eigenvalue weighted by molar-refractivity contribution is 5.87. The van der Waals surface area contributed by atoms with Crippen molar-refractivity contribution in [2.24, 2.45) is 0 Å². The Hall–Kier alpha value is -3.32. The zero-order valence-electron chi connectivity index (χ0n) is 15.3. The number of aromatic nitrogens is 1. The van der Waals surface area contributed by atoms with Crippen LogP contribution in [-0.2, 0) is 5.41 Å². The zero-order chi connectivity index (χ0) is 18.3. The van der Waals surface area contributed by atoms with Crippen LogP contribution in [-0.4, -0.2) is 4.98 Å². The van der Waals surface area contributed by atoms with E-state index in [0.29, 0.717) is 0 Å². The number of nitrogens with one attached hydrogen (secondary N) is 1. The molecule has 5 aromatic rings. The highest BCUT2D eigenvalue weighted by atomic mass is 14.7. The summed E-state index contributed by atoms with van der Waals surface area (Å²) in [6, 6.07) is 34.8. The summed E-state index contributed by atoms with van der Waals surface area (Å²) in [5, 5.41) is 3.82. The second kappa shape index (κ2) is 6.14. The van der Waals surface area contributed by atoms with Crippen LogP contribution in [0.25, 0.3) is 21.7 Å². The molecule has 0 aliphatic rings. The molecule has 1 heteroatoms. The van der Waals surface area contributed by atoms with Gasteiger partial charge in [-0.3, -0.25) is 0 Å². The zero-order valence-corrected chi connectivity index (χ0v) is 15.3. The standard InChI is InChI=1S/C26H21N/c1-26(21-11-3-2-4-12-21,24-18-27-25-14-8-7-13-23(24)25)22-16-15-19-9-5-6-10-20(19)17-22/h2-18,27H,1H3. The summed E-state index contributed by atoms with van der Waals surface area (Å²) in [6.45, 7) is 2.34. The molecule has 0 radical (unpaired) electrons. The molecule has 27 heavy (non-hydrogen) atoms. The topological polar surface area (TPSA) is 15.8 Å². The minimum Gasteiger partial charge on any atom is -0.361 e. The van der Waals surface area contributed by atoms with E-state index in [2.05, 4.69) is 115 Å². The third-order valence-corrected chi connectivity index (χ3v) is 5.81. The first-order chi connectivity index (χ1) is 13.3. The van der Waals surface area contributed by atoms with Crippen LogP contribution in [0.2, 0.25) is 0 Å². The van der Waals surface area contributed by atoms with Crippen LogP contribution in [0.5, 0.6) is 0 Å². The van der Waals surface area contributed by atoms with Crippen molar-refractivity contribution in [3.63, 3.8) is 0 Å². The van der Waals surface area contributed by atoms with Crippen molar-refractivity contribution in [3.05, 3.63) is 120 Å². The van der Waals surface area contributed by atoms with Crippen molar-refractivity contribution < 1.29 is 0 Å². The molecule has 4 aromatic carbocycles. The summed E-state index contributed by atoms with van der Waals surface area (Å²) in [4.78, 5) is 3.47. The maximum atomic E-state index is 3.47. The SMILES string of the molecule is CC(c1ccccc1)(c1ccc2ccccc2c1)c1c[nH]c2ccccc12. The number of para-hydroxylation sites is 1. The summed E-state index contributed by atoms with van der Waals surface area (Å²) in [5.74, 6) is 0. The van der Waals surface area contributed by atoms with Crippen LogP contribution < -0.4 is 0 Å². The van der Waals surface area contributed by atoms with Crippen molar-refractivity contribution in [2.45, 2.75) is 12.3 Å². The molecule has 1 heterocycles. The molecule has 0 spiro atoms. The lowest BCUT2D eigenvalue weighted by Crippen LogP contribution is -2.25. The number of benzene rings is 4. The molecule has 0 fully saturated rings. The van der Waals surface area contributed by atoms with Gasteiger partial charge in [-0.25, -0.2) is 0 Å². The molecule has 0 saturated carbocycles. The van der Waals surface area contributed by atoms with E-state index >= 15 is 0 Å². The van der Waals surface area contributed by atoms with Gasteiger partial charge in [-0.1, -0.05) is 84.9 Å². The van der Waals surface area contributed by atoms with Crippen LogP contribution in [0.1, 0.15) is 23.6 Å². The molecule has 5 rings (SSSR count). The van der Waals surface area contributed by atoms with Gasteiger partial charge in [-0.05, 0) is 46.5 Å². The molecule has 0 amide bonds. The van der Waals surface area contributed by atoms with Gasteiger partial charge in [0.2, 0.25) is 0 Å². The van der Waals surface area contributed by atoms with Gasteiger partial charge >= 0.3 is 0 Å². The highest BCUT2D eigenvalue weighted by Gasteiger charge is 2.33. The van der Waals surface area contributed by atoms with Gasteiger partial charge in [0.1, 0.15) is 0 Å². The highest BCUT2D eigenvalue weighted by Crippen LogP contribution is 2.42. The maximum absolute atomic E-state index is 3.47. The van der Waals surface area contributed by atoms with Crippen LogP contribution in [0.3, 0.4) is 0 Å². The van der Waals surface area contributed by atoms with Crippen molar-refractivity contribution in [1.29, 1.82) is 0 Å². The summed E-state index contributed by atoms with van der Waals surface area (Å²) in [7, 11) is 0. The first kappa shape index (κ1) is 15.9. The summed E-state index contributed by atoms with van der Waals surface area (Å²) in [6.07, 6.45) is 2.17. The quantitative estimate of drug-likeness (QED) is 0.375. The fourth-order valence-electron chi connectivity index (χ4n) is 4.23. The monoisotopic (exact) mass is 347 g/mol. The Morgan fingerprint density at radius 2 is 1.33 bits per heavy atom. The Labute approximate surface area is 159 Å². The molecule has 1 unspecified atom stereocenters. The number of hydrogen-bond acceptors (Lipinski definition) is 0. The number of rotatable bonds is 3. The van der Waals surface area contributed by atoms with Crippen molar-refractivity contribution >= 4 is 21.7 Å². The lowest BCUT2D eigenvalue weighted by atomic mass is 9.70. The fourth-order valence-corrected chi connectivity index (χ4v) is 4.23. The van der Waals surface area contributed by atoms with Crippen molar-refractivity contribution in [3.8, 4) is 0 Å². The van der Waals surface area contributed by atoms with Crippen LogP contribution >= 0.6 is 0 Å². The molecule has 1 N–H and O–H groups in total. The molecule has 0 aliphatic carbocycles. The normalized spacial score (nSPS) is 13.7. The lowest BCUT2D eigenvalue weighted by Gasteiger charge is -2.31. The predicted octanol–water partition coefficient (Wildman–Crippen LogP) is 6.68. The van der Waals surface area contributed by atoms with Crippen molar-refractivity contribution in [1.82, 2.24) is 4.98 Å². The number of H-pyrrole nitrogens is 1. The molecule has 130 valence electrons. The van der Waals surface area contributed by atoms with Crippen LogP contribution in [0.4, 0.5) is 0 Å². The van der Waals surface area contributed by atoms with Crippen LogP contribution in [0.15, 0.2) is 103 Å². The van der Waals surface area contributed by atoms with Gasteiger partial charge in [0.15, 0.2) is 0 Å². The average molecular weight is 347 g/mol. The average Bonchev–Trinajstić information content (AvgIpc) is 3.18. The molecular weight excluding hydrogens is 326 g/mol. The van der Waals surface area contributed by atoms with Gasteiger partial charge < -0.3 is 4.98 Å². The van der Waals surface area contributed by atoms with E-state index < -0.39 is 0 Å². The molecular formula is C26H21N. The Bertz CT molecular complexity index is 1230. The van der Waals surface area contributed by atoms with E-state index in [1.54, 1.807) is 0 Å². The number of aromatic amines is 1. The van der Waals surface area contributed by atoms with E-state index in [4.69, 9.17) is 0 Å². The summed E-state index contributed by atoms with van der Waals surface area (Å²) in [5.41, 5.74) is 4.84. The first-order valence-electron chi connectivity index (χ1n) is 9.38. The minimum absolute atomic E-state index is 0.245. The molecule has 0 aliphatic heterocycles. The van der Waals surface area contributed by atoms with Crippen molar-refractivity contribution in [2.75, 3.05) is 0 Å². The Kier molecular flexibility index (Phi) is 3.61. The second-order valence-corrected chi connectivity index (χ2v) is 7.30. The maximum Gasteiger partial charge on any atom is 0.0457 e. The summed E-state index contributed by atoms with van der Waals surface area (Å²) < 4.78 is 0. The van der Waals surface area contributed by atoms with Gasteiger partial charge in [0.25, 0.3) is 0 Å². The molecule has 0 saturated heterocycles. The molecule has 1 aromatic heterocycles. The third-order valence-electron chi connectivity index (χ3n) is 5.81. The molecule has 0 bridgehead atoms. The van der Waals surface area contributed by atoms with E-state index in [1.165, 1.54) is 38.4 Å². The van der Waals surface area contributed by atoms with Gasteiger partial charge in [-0.2, -0.15) is 0 Å². The molecule has 1 atom stereocenters. The van der Waals surface area contributed by atoms with Crippen LogP contribution in [0, 0.1) is 0 Å². The molecule has 1 nitrogen and oxygen atoms in total. The van der Waals surface area contributed by atoms with E-state index in [0.717, 1.165) is 0 Å². The largest absolute Gasteiger partial charge is 0.361 e. The van der Waals surface area contributed by atoms with Gasteiger partial charge in [0.05, 0.1) is 0 Å². The third kappa shape index (κ3) is 2.47. The predicted molar refractivity (Wildman–Crippen MR) is 114 cm³/mol. The van der Waals surface area contributed by atoms with E-state index in [1.807, 2.05) is 0 Å². The first-order valence-corrected chi connectivity index (χ1v) is 9.38. The number of hydrogen-bond donors (Lipinski definition) is 1. The van der Waals surface area contributed by atoms with E-state index in [9.17, 15) is 0 Å². The fraction of sp³-hybridized carbons (Fsp3) is 0.0769.